The van der Waals surface area contributed by atoms with Crippen molar-refractivity contribution in [3.63, 3.8) is 0 Å². The number of rotatable bonds is 3. The molecule has 0 aromatic heterocycles. The molecule has 0 aromatic carbocycles. The molecule has 3 heteroatoms. The van der Waals surface area contributed by atoms with Crippen LogP contribution in [0, 0.1) is 18.3 Å². The summed E-state index contributed by atoms with van der Waals surface area (Å²) in [7, 11) is 0. The zero-order valence-electron chi connectivity index (χ0n) is 9.62. The van der Waals surface area contributed by atoms with Crippen LogP contribution in [0.1, 0.15) is 26.7 Å². The maximum Gasteiger partial charge on any atom is 0.225 e. The van der Waals surface area contributed by atoms with Crippen molar-refractivity contribution in [3.8, 4) is 12.3 Å². The van der Waals surface area contributed by atoms with E-state index in [0.717, 1.165) is 25.9 Å². The quantitative estimate of drug-likeness (QED) is 0.698. The Hall–Kier alpha value is -1.01. The highest BCUT2D eigenvalue weighted by Gasteiger charge is 2.23. The minimum Gasteiger partial charge on any atom is -0.342 e. The molecule has 0 unspecified atom stereocenters. The topological polar surface area (TPSA) is 32.3 Å². The molecule has 1 saturated heterocycles. The normalized spacial score (nSPS) is 17.9. The fourth-order valence-corrected chi connectivity index (χ4v) is 1.87. The van der Waals surface area contributed by atoms with Crippen molar-refractivity contribution in [2.75, 3.05) is 19.6 Å². The van der Waals surface area contributed by atoms with Crippen LogP contribution in [0.25, 0.3) is 0 Å². The molecule has 0 atom stereocenters. The van der Waals surface area contributed by atoms with E-state index in [1.807, 2.05) is 18.7 Å². The van der Waals surface area contributed by atoms with Crippen LogP contribution in [0.4, 0.5) is 0 Å². The molecular weight excluding hydrogens is 188 g/mol. The molecule has 3 nitrogen and oxygen atoms in total. The molecule has 1 amide bonds. The molecule has 1 aliphatic heterocycles. The highest BCUT2D eigenvalue weighted by Crippen LogP contribution is 2.12. The third-order valence-corrected chi connectivity index (χ3v) is 2.79. The summed E-state index contributed by atoms with van der Waals surface area (Å²) < 4.78 is 0. The monoisotopic (exact) mass is 208 g/mol. The van der Waals surface area contributed by atoms with Gasteiger partial charge in [0.15, 0.2) is 0 Å². The van der Waals surface area contributed by atoms with Gasteiger partial charge < -0.3 is 10.2 Å². The van der Waals surface area contributed by atoms with E-state index in [1.165, 1.54) is 0 Å². The fraction of sp³-hybridized carbons (Fsp3) is 0.750. The van der Waals surface area contributed by atoms with E-state index in [0.29, 0.717) is 12.6 Å². The molecule has 0 radical (unpaired) electrons. The second kappa shape index (κ2) is 5.77. The van der Waals surface area contributed by atoms with Crippen molar-refractivity contribution in [2.45, 2.75) is 32.7 Å². The van der Waals surface area contributed by atoms with E-state index in [2.05, 4.69) is 11.2 Å². The molecule has 1 N–H and O–H groups in total. The molecule has 0 spiro atoms. The molecule has 15 heavy (non-hydrogen) atoms. The number of carbonyl (C=O) groups is 1. The standard InChI is InChI=1S/C12H20N2O/c1-4-7-13-11-5-8-14(9-6-11)12(15)10(2)3/h1,10-11,13H,5-9H2,2-3H3. The summed E-state index contributed by atoms with van der Waals surface area (Å²) in [6, 6.07) is 0.484. The van der Waals surface area contributed by atoms with E-state index >= 15 is 0 Å². The van der Waals surface area contributed by atoms with Crippen molar-refractivity contribution >= 4 is 5.91 Å². The third kappa shape index (κ3) is 3.56. The average molecular weight is 208 g/mol. The van der Waals surface area contributed by atoms with E-state index in [4.69, 9.17) is 6.42 Å². The summed E-state index contributed by atoms with van der Waals surface area (Å²) in [4.78, 5) is 13.6. The summed E-state index contributed by atoms with van der Waals surface area (Å²) in [6.07, 6.45) is 7.21. The number of likely N-dealkylation sites (tertiary alicyclic amines) is 1. The second-order valence-corrected chi connectivity index (χ2v) is 4.34. The van der Waals surface area contributed by atoms with Crippen molar-refractivity contribution in [1.82, 2.24) is 10.2 Å². The summed E-state index contributed by atoms with van der Waals surface area (Å²) in [5.74, 6) is 2.96. The lowest BCUT2D eigenvalue weighted by Crippen LogP contribution is -2.46. The number of nitrogens with one attached hydrogen (secondary N) is 1. The molecule has 0 bridgehead atoms. The second-order valence-electron chi connectivity index (χ2n) is 4.34. The van der Waals surface area contributed by atoms with E-state index in [-0.39, 0.29) is 11.8 Å². The van der Waals surface area contributed by atoms with Crippen molar-refractivity contribution in [2.24, 2.45) is 5.92 Å². The number of amides is 1. The van der Waals surface area contributed by atoms with Crippen LogP contribution in [0.2, 0.25) is 0 Å². The van der Waals surface area contributed by atoms with Crippen LogP contribution in [0.15, 0.2) is 0 Å². The van der Waals surface area contributed by atoms with Crippen LogP contribution < -0.4 is 5.32 Å². The average Bonchev–Trinajstić information content (AvgIpc) is 2.26. The summed E-state index contributed by atoms with van der Waals surface area (Å²) >= 11 is 0. The first kappa shape index (κ1) is 12.1. The predicted octanol–water partition coefficient (Wildman–Crippen LogP) is 0.856. The molecule has 84 valence electrons. The van der Waals surface area contributed by atoms with Crippen molar-refractivity contribution in [3.05, 3.63) is 0 Å². The van der Waals surface area contributed by atoms with E-state index in [1.54, 1.807) is 0 Å². The Bertz CT molecular complexity index is 247. The molecule has 0 aromatic rings. The molecule has 1 aliphatic rings. The van der Waals surface area contributed by atoms with Gasteiger partial charge in [-0.1, -0.05) is 19.8 Å². The zero-order chi connectivity index (χ0) is 11.3. The highest BCUT2D eigenvalue weighted by molar-refractivity contribution is 5.78. The van der Waals surface area contributed by atoms with Crippen LogP contribution in [-0.4, -0.2) is 36.5 Å². The van der Waals surface area contributed by atoms with Gasteiger partial charge in [0.25, 0.3) is 0 Å². The van der Waals surface area contributed by atoms with Gasteiger partial charge in [0.2, 0.25) is 5.91 Å². The Labute approximate surface area is 92.2 Å². The Morgan fingerprint density at radius 1 is 1.53 bits per heavy atom. The van der Waals surface area contributed by atoms with Gasteiger partial charge in [0.05, 0.1) is 6.54 Å². The number of hydrogen-bond donors (Lipinski definition) is 1. The van der Waals surface area contributed by atoms with Crippen molar-refractivity contribution < 1.29 is 4.79 Å². The lowest BCUT2D eigenvalue weighted by molar-refractivity contribution is -0.135. The first-order valence-corrected chi connectivity index (χ1v) is 5.60. The van der Waals surface area contributed by atoms with Gasteiger partial charge in [-0.25, -0.2) is 0 Å². The maximum atomic E-state index is 11.7. The van der Waals surface area contributed by atoms with E-state index < -0.39 is 0 Å². The number of piperidine rings is 1. The predicted molar refractivity (Wildman–Crippen MR) is 61.3 cm³/mol. The van der Waals surface area contributed by atoms with Gasteiger partial charge in [-0.15, -0.1) is 6.42 Å². The fourth-order valence-electron chi connectivity index (χ4n) is 1.87. The molecule has 1 fully saturated rings. The maximum absolute atomic E-state index is 11.7. The van der Waals surface area contributed by atoms with Gasteiger partial charge in [-0.3, -0.25) is 4.79 Å². The number of terminal acetylenes is 1. The first-order chi connectivity index (χ1) is 7.15. The third-order valence-electron chi connectivity index (χ3n) is 2.79. The Morgan fingerprint density at radius 3 is 2.60 bits per heavy atom. The first-order valence-electron chi connectivity index (χ1n) is 5.60. The minimum atomic E-state index is 0.111. The lowest BCUT2D eigenvalue weighted by atomic mass is 10.0. The van der Waals surface area contributed by atoms with Gasteiger partial charge in [-0.2, -0.15) is 0 Å². The van der Waals surface area contributed by atoms with E-state index in [9.17, 15) is 4.79 Å². The molecule has 1 rings (SSSR count). The number of hydrogen-bond acceptors (Lipinski definition) is 2. The van der Waals surface area contributed by atoms with Gasteiger partial charge >= 0.3 is 0 Å². The van der Waals surface area contributed by atoms with Crippen LogP contribution >= 0.6 is 0 Å². The molecule has 1 heterocycles. The molecule has 0 aliphatic carbocycles. The Kier molecular flexibility index (Phi) is 4.64. The Morgan fingerprint density at radius 2 is 2.13 bits per heavy atom. The largest absolute Gasteiger partial charge is 0.342 e. The molecule has 0 saturated carbocycles. The minimum absolute atomic E-state index is 0.111. The van der Waals surface area contributed by atoms with Gasteiger partial charge in [-0.05, 0) is 12.8 Å². The van der Waals surface area contributed by atoms with Gasteiger partial charge in [0.1, 0.15) is 0 Å². The number of nitrogens with zero attached hydrogens (tertiary/aromatic N) is 1. The van der Waals surface area contributed by atoms with Gasteiger partial charge in [0, 0.05) is 25.0 Å². The Balaban J connectivity index is 2.30. The smallest absolute Gasteiger partial charge is 0.225 e. The summed E-state index contributed by atoms with van der Waals surface area (Å²) in [5.41, 5.74) is 0. The van der Waals surface area contributed by atoms with Crippen LogP contribution in [0.5, 0.6) is 0 Å². The summed E-state index contributed by atoms with van der Waals surface area (Å²) in [6.45, 7) is 6.25. The lowest BCUT2D eigenvalue weighted by Gasteiger charge is -2.33. The molecular formula is C12H20N2O. The van der Waals surface area contributed by atoms with Crippen molar-refractivity contribution in [1.29, 1.82) is 0 Å². The van der Waals surface area contributed by atoms with Crippen LogP contribution in [-0.2, 0) is 4.79 Å². The SMILES string of the molecule is C#CCNC1CCN(C(=O)C(C)C)CC1. The highest BCUT2D eigenvalue weighted by atomic mass is 16.2. The zero-order valence-corrected chi connectivity index (χ0v) is 9.62. The summed E-state index contributed by atoms with van der Waals surface area (Å²) in [5, 5.41) is 3.29. The number of carbonyl (C=O) groups excluding carboxylic acids is 1. The van der Waals surface area contributed by atoms with Crippen LogP contribution in [0.3, 0.4) is 0 Å².